The molecule has 4 heteroatoms. The maximum absolute atomic E-state index is 12.7. The molecule has 1 aliphatic carbocycles. The van der Waals surface area contributed by atoms with Gasteiger partial charge in [-0.15, -0.1) is 0 Å². The highest BCUT2D eigenvalue weighted by atomic mass is 16.3. The summed E-state index contributed by atoms with van der Waals surface area (Å²) in [4.78, 5) is 17.1. The molecule has 1 amide bonds. The Morgan fingerprint density at radius 3 is 2.48 bits per heavy atom. The van der Waals surface area contributed by atoms with Crippen molar-refractivity contribution in [1.82, 2.24) is 10.3 Å². The summed E-state index contributed by atoms with van der Waals surface area (Å²) in [5.41, 5.74) is 2.76. The lowest BCUT2D eigenvalue weighted by Gasteiger charge is -2.37. The largest absolute Gasteiger partial charge is 0.393 e. The molecular formula is C21H26N2O2. The van der Waals surface area contributed by atoms with Gasteiger partial charge in [-0.1, -0.05) is 32.0 Å². The predicted octanol–water partition coefficient (Wildman–Crippen LogP) is 3.52. The zero-order valence-electron chi connectivity index (χ0n) is 14.9. The van der Waals surface area contributed by atoms with Gasteiger partial charge in [0.25, 0.3) is 5.91 Å². The van der Waals surface area contributed by atoms with Crippen molar-refractivity contribution in [1.29, 1.82) is 0 Å². The monoisotopic (exact) mass is 338 g/mol. The van der Waals surface area contributed by atoms with Gasteiger partial charge in [-0.3, -0.25) is 9.78 Å². The van der Waals surface area contributed by atoms with Crippen LogP contribution in [0.1, 0.15) is 54.3 Å². The number of hydrogen-bond acceptors (Lipinski definition) is 3. The van der Waals surface area contributed by atoms with E-state index >= 15 is 0 Å². The van der Waals surface area contributed by atoms with E-state index in [0.717, 1.165) is 12.1 Å². The van der Waals surface area contributed by atoms with Gasteiger partial charge in [0.1, 0.15) is 0 Å². The first kappa shape index (κ1) is 17.6. The zero-order valence-corrected chi connectivity index (χ0v) is 14.9. The number of pyridine rings is 1. The smallest absolute Gasteiger partial charge is 0.251 e. The molecule has 4 nitrogen and oxygen atoms in total. The Morgan fingerprint density at radius 1 is 1.20 bits per heavy atom. The van der Waals surface area contributed by atoms with Gasteiger partial charge in [-0.25, -0.2) is 0 Å². The number of benzene rings is 1. The van der Waals surface area contributed by atoms with Crippen LogP contribution >= 0.6 is 0 Å². The van der Waals surface area contributed by atoms with Crippen LogP contribution in [-0.2, 0) is 6.42 Å². The van der Waals surface area contributed by atoms with E-state index in [1.54, 1.807) is 6.20 Å². The summed E-state index contributed by atoms with van der Waals surface area (Å²) in [5.74, 6) is 0.737. The number of aliphatic hydroxyl groups excluding tert-OH is 1. The molecule has 1 saturated carbocycles. The van der Waals surface area contributed by atoms with E-state index in [0.29, 0.717) is 24.3 Å². The summed E-state index contributed by atoms with van der Waals surface area (Å²) in [5, 5.41) is 12.8. The van der Waals surface area contributed by atoms with Crippen LogP contribution in [0, 0.1) is 11.8 Å². The van der Waals surface area contributed by atoms with Crippen molar-refractivity contribution in [3.8, 4) is 0 Å². The van der Waals surface area contributed by atoms with Gasteiger partial charge < -0.3 is 10.4 Å². The van der Waals surface area contributed by atoms with Gasteiger partial charge >= 0.3 is 0 Å². The van der Waals surface area contributed by atoms with E-state index in [-0.39, 0.29) is 24.0 Å². The van der Waals surface area contributed by atoms with Gasteiger partial charge in [0, 0.05) is 11.8 Å². The van der Waals surface area contributed by atoms with Gasteiger partial charge in [-0.2, -0.15) is 0 Å². The van der Waals surface area contributed by atoms with Crippen molar-refractivity contribution >= 4 is 5.91 Å². The molecule has 2 aromatic rings. The SMILES string of the molecule is CC(C)Cc1ccc(C(=O)N[C@H](c2ccccn2)C2CC(O)C2)cc1. The van der Waals surface area contributed by atoms with Crippen LogP contribution in [0.3, 0.4) is 0 Å². The lowest BCUT2D eigenvalue weighted by Crippen LogP contribution is -2.41. The Bertz CT molecular complexity index is 692. The summed E-state index contributed by atoms with van der Waals surface area (Å²) in [6.45, 7) is 4.37. The van der Waals surface area contributed by atoms with Crippen molar-refractivity contribution in [2.24, 2.45) is 11.8 Å². The second-order valence-electron chi connectivity index (χ2n) is 7.39. The maximum Gasteiger partial charge on any atom is 0.251 e. The molecule has 1 aromatic heterocycles. The van der Waals surface area contributed by atoms with E-state index in [9.17, 15) is 9.90 Å². The number of nitrogens with one attached hydrogen (secondary N) is 1. The molecule has 132 valence electrons. The minimum absolute atomic E-state index is 0.0897. The second-order valence-corrected chi connectivity index (χ2v) is 7.39. The Morgan fingerprint density at radius 2 is 1.92 bits per heavy atom. The number of aliphatic hydroxyl groups is 1. The normalized spacial score (nSPS) is 20.8. The maximum atomic E-state index is 12.7. The van der Waals surface area contributed by atoms with E-state index in [4.69, 9.17) is 0 Å². The fraction of sp³-hybridized carbons (Fsp3) is 0.429. The predicted molar refractivity (Wildman–Crippen MR) is 98.2 cm³/mol. The summed E-state index contributed by atoms with van der Waals surface area (Å²) in [6, 6.07) is 13.4. The molecule has 2 N–H and O–H groups in total. The highest BCUT2D eigenvalue weighted by Gasteiger charge is 2.36. The Balaban J connectivity index is 1.72. The molecule has 1 atom stereocenters. The van der Waals surface area contributed by atoms with Crippen LogP contribution in [0.2, 0.25) is 0 Å². The first-order valence-corrected chi connectivity index (χ1v) is 9.01. The summed E-state index contributed by atoms with van der Waals surface area (Å²) in [6.07, 6.45) is 3.90. The summed E-state index contributed by atoms with van der Waals surface area (Å²) >= 11 is 0. The molecule has 1 fully saturated rings. The third-order valence-electron chi connectivity index (χ3n) is 4.77. The molecule has 0 bridgehead atoms. The summed E-state index contributed by atoms with van der Waals surface area (Å²) in [7, 11) is 0. The van der Waals surface area contributed by atoms with Crippen molar-refractivity contribution in [3.05, 3.63) is 65.5 Å². The molecule has 1 aliphatic rings. The molecule has 0 unspecified atom stereocenters. The molecule has 0 radical (unpaired) electrons. The van der Waals surface area contributed by atoms with Crippen molar-refractivity contribution < 1.29 is 9.90 Å². The van der Waals surface area contributed by atoms with Crippen molar-refractivity contribution in [2.45, 2.75) is 45.3 Å². The molecule has 25 heavy (non-hydrogen) atoms. The molecular weight excluding hydrogens is 312 g/mol. The Hall–Kier alpha value is -2.20. The van der Waals surface area contributed by atoms with Crippen LogP contribution in [0.5, 0.6) is 0 Å². The number of hydrogen-bond donors (Lipinski definition) is 2. The van der Waals surface area contributed by atoms with Crippen LogP contribution < -0.4 is 5.32 Å². The zero-order chi connectivity index (χ0) is 17.8. The Labute approximate surface area is 149 Å². The molecule has 0 saturated heterocycles. The number of rotatable bonds is 6. The fourth-order valence-electron chi connectivity index (χ4n) is 3.38. The number of nitrogens with zero attached hydrogens (tertiary/aromatic N) is 1. The molecule has 0 spiro atoms. The molecule has 1 aromatic carbocycles. The molecule has 0 aliphatic heterocycles. The van der Waals surface area contributed by atoms with Gasteiger partial charge in [0.15, 0.2) is 0 Å². The number of aromatic nitrogens is 1. The average molecular weight is 338 g/mol. The highest BCUT2D eigenvalue weighted by molar-refractivity contribution is 5.94. The number of carbonyl (C=O) groups excluding carboxylic acids is 1. The molecule has 3 rings (SSSR count). The highest BCUT2D eigenvalue weighted by Crippen LogP contribution is 2.37. The van der Waals surface area contributed by atoms with E-state index in [2.05, 4.69) is 24.1 Å². The quantitative estimate of drug-likeness (QED) is 0.847. The van der Waals surface area contributed by atoms with E-state index in [1.165, 1.54) is 5.56 Å². The third-order valence-corrected chi connectivity index (χ3v) is 4.77. The lowest BCUT2D eigenvalue weighted by atomic mass is 9.76. The Kier molecular flexibility index (Phi) is 5.49. The standard InChI is InChI=1S/C21H26N2O2/c1-14(2)11-15-6-8-16(9-7-15)21(25)23-20(17-12-18(24)13-17)19-5-3-4-10-22-19/h3-10,14,17-18,20,24H,11-13H2,1-2H3,(H,23,25)/t17?,18?,20-/m0/s1. The van der Waals surface area contributed by atoms with Crippen molar-refractivity contribution in [3.63, 3.8) is 0 Å². The lowest BCUT2D eigenvalue weighted by molar-refractivity contribution is 0.0228. The van der Waals surface area contributed by atoms with Crippen LogP contribution in [0.25, 0.3) is 0 Å². The first-order chi connectivity index (χ1) is 12.0. The van der Waals surface area contributed by atoms with Crippen molar-refractivity contribution in [2.75, 3.05) is 0 Å². The van der Waals surface area contributed by atoms with Crippen LogP contribution in [0.15, 0.2) is 48.7 Å². The van der Waals surface area contributed by atoms with E-state index < -0.39 is 0 Å². The third kappa shape index (κ3) is 4.45. The van der Waals surface area contributed by atoms with Crippen LogP contribution in [-0.4, -0.2) is 22.1 Å². The topological polar surface area (TPSA) is 62.2 Å². The second kappa shape index (κ2) is 7.79. The number of amides is 1. The molecule has 1 heterocycles. The minimum Gasteiger partial charge on any atom is -0.393 e. The van der Waals surface area contributed by atoms with Gasteiger partial charge in [0.2, 0.25) is 0 Å². The average Bonchev–Trinajstić information content (AvgIpc) is 2.58. The minimum atomic E-state index is -0.261. The first-order valence-electron chi connectivity index (χ1n) is 9.01. The number of carbonyl (C=O) groups is 1. The van der Waals surface area contributed by atoms with Gasteiger partial charge in [0.05, 0.1) is 17.8 Å². The van der Waals surface area contributed by atoms with E-state index in [1.807, 2.05) is 42.5 Å². The van der Waals surface area contributed by atoms with Crippen LogP contribution in [0.4, 0.5) is 0 Å². The van der Waals surface area contributed by atoms with Gasteiger partial charge in [-0.05, 0) is 60.9 Å². The summed E-state index contributed by atoms with van der Waals surface area (Å²) < 4.78 is 0. The fourth-order valence-corrected chi connectivity index (χ4v) is 3.38.